The Morgan fingerprint density at radius 2 is 2.11 bits per heavy atom. The molecule has 0 aliphatic carbocycles. The molecule has 1 N–H and O–H groups in total. The van der Waals surface area contributed by atoms with Gasteiger partial charge in [0.25, 0.3) is 0 Å². The number of carbonyl (C=O) groups is 1. The van der Waals surface area contributed by atoms with Crippen molar-refractivity contribution < 1.29 is 4.79 Å². The van der Waals surface area contributed by atoms with E-state index in [4.69, 9.17) is 11.6 Å². The molecule has 27 heavy (non-hydrogen) atoms. The Bertz CT molecular complexity index is 956. The maximum atomic E-state index is 11.9. The number of amides is 1. The van der Waals surface area contributed by atoms with Crippen LogP contribution in [0.4, 0.5) is 5.82 Å². The third kappa shape index (κ3) is 4.28. The van der Waals surface area contributed by atoms with Gasteiger partial charge in [-0.3, -0.25) is 4.79 Å². The van der Waals surface area contributed by atoms with E-state index in [2.05, 4.69) is 27.2 Å². The number of benzene rings is 1. The van der Waals surface area contributed by atoms with Crippen molar-refractivity contribution in [2.24, 2.45) is 0 Å². The summed E-state index contributed by atoms with van der Waals surface area (Å²) in [5.41, 5.74) is 1.97. The van der Waals surface area contributed by atoms with Crippen LogP contribution < -0.4 is 5.32 Å². The summed E-state index contributed by atoms with van der Waals surface area (Å²) in [6.45, 7) is 7.49. The lowest BCUT2D eigenvalue weighted by Crippen LogP contribution is -2.34. The van der Waals surface area contributed by atoms with Gasteiger partial charge in [-0.25, -0.2) is 9.97 Å². The largest absolute Gasteiger partial charge is 0.368 e. The van der Waals surface area contributed by atoms with Crippen molar-refractivity contribution in [2.45, 2.75) is 13.3 Å². The van der Waals surface area contributed by atoms with E-state index in [1.54, 1.807) is 22.6 Å². The van der Waals surface area contributed by atoms with Gasteiger partial charge in [0.2, 0.25) is 5.91 Å². The lowest BCUT2D eigenvalue weighted by atomic mass is 10.1. The van der Waals surface area contributed by atoms with Crippen LogP contribution in [0.5, 0.6) is 0 Å². The SMILES string of the molecule is C=CC(=O)N(CCC)CCNc1ncnc2scc(-c3ccccc3Cl)c12. The number of nitrogens with zero attached hydrogens (tertiary/aromatic N) is 3. The number of hydrogen-bond acceptors (Lipinski definition) is 5. The first-order valence-electron chi connectivity index (χ1n) is 8.78. The molecular formula is C20H21ClN4OS. The number of nitrogens with one attached hydrogen (secondary N) is 1. The van der Waals surface area contributed by atoms with Crippen LogP contribution in [0.3, 0.4) is 0 Å². The van der Waals surface area contributed by atoms with Crippen LogP contribution in [0.2, 0.25) is 5.02 Å². The fourth-order valence-corrected chi connectivity index (χ4v) is 4.07. The molecule has 3 rings (SSSR count). The van der Waals surface area contributed by atoms with Crippen molar-refractivity contribution in [3.8, 4) is 11.1 Å². The van der Waals surface area contributed by atoms with E-state index in [0.29, 0.717) is 24.7 Å². The summed E-state index contributed by atoms with van der Waals surface area (Å²) in [5.74, 6) is 0.692. The van der Waals surface area contributed by atoms with E-state index in [1.807, 2.05) is 31.2 Å². The standard InChI is InChI=1S/C20H21ClN4OS/c1-3-10-25(17(26)4-2)11-9-22-19-18-15(12-27-20(18)24-13-23-19)14-7-5-6-8-16(14)21/h4-8,12-13H,2-3,9-11H2,1H3,(H,22,23,24). The third-order valence-corrected chi connectivity index (χ3v) is 5.40. The van der Waals surface area contributed by atoms with Crippen molar-refractivity contribution in [2.75, 3.05) is 25.0 Å². The fraction of sp³-hybridized carbons (Fsp3) is 0.250. The zero-order chi connectivity index (χ0) is 19.2. The van der Waals surface area contributed by atoms with Gasteiger partial charge in [0.15, 0.2) is 0 Å². The van der Waals surface area contributed by atoms with Crippen LogP contribution in [0.1, 0.15) is 13.3 Å². The molecule has 1 amide bonds. The van der Waals surface area contributed by atoms with Crippen LogP contribution in [0.25, 0.3) is 21.3 Å². The smallest absolute Gasteiger partial charge is 0.246 e. The van der Waals surface area contributed by atoms with E-state index in [-0.39, 0.29) is 5.91 Å². The normalized spacial score (nSPS) is 10.7. The highest BCUT2D eigenvalue weighted by Crippen LogP contribution is 2.39. The highest BCUT2D eigenvalue weighted by molar-refractivity contribution is 7.17. The lowest BCUT2D eigenvalue weighted by molar-refractivity contribution is -0.125. The molecule has 2 heterocycles. The fourth-order valence-electron chi connectivity index (χ4n) is 2.93. The number of halogens is 1. The number of fused-ring (bicyclic) bond motifs is 1. The first-order chi connectivity index (χ1) is 13.2. The summed E-state index contributed by atoms with van der Waals surface area (Å²) < 4.78 is 0. The molecule has 2 aromatic heterocycles. The maximum Gasteiger partial charge on any atom is 0.246 e. The number of anilines is 1. The molecular weight excluding hydrogens is 380 g/mol. The molecule has 3 aromatic rings. The molecule has 0 aliphatic heterocycles. The van der Waals surface area contributed by atoms with Crippen molar-refractivity contribution in [3.63, 3.8) is 0 Å². The molecule has 0 aliphatic rings. The van der Waals surface area contributed by atoms with Gasteiger partial charge in [-0.15, -0.1) is 11.3 Å². The molecule has 0 unspecified atom stereocenters. The minimum atomic E-state index is -0.0567. The average Bonchev–Trinajstić information content (AvgIpc) is 3.12. The zero-order valence-electron chi connectivity index (χ0n) is 15.1. The predicted molar refractivity (Wildman–Crippen MR) is 113 cm³/mol. The van der Waals surface area contributed by atoms with E-state index < -0.39 is 0 Å². The van der Waals surface area contributed by atoms with Gasteiger partial charge in [-0.1, -0.05) is 43.3 Å². The zero-order valence-corrected chi connectivity index (χ0v) is 16.7. The summed E-state index contributed by atoms with van der Waals surface area (Å²) in [4.78, 5) is 23.4. The molecule has 5 nitrogen and oxygen atoms in total. The maximum absolute atomic E-state index is 11.9. The van der Waals surface area contributed by atoms with E-state index in [0.717, 1.165) is 33.6 Å². The van der Waals surface area contributed by atoms with Gasteiger partial charge in [0.1, 0.15) is 17.0 Å². The van der Waals surface area contributed by atoms with E-state index in [1.165, 1.54) is 6.08 Å². The summed E-state index contributed by atoms with van der Waals surface area (Å²) in [5, 5.41) is 7.05. The Hall–Kier alpha value is -2.44. The average molecular weight is 401 g/mol. The van der Waals surface area contributed by atoms with Gasteiger partial charge >= 0.3 is 0 Å². The molecule has 0 atom stereocenters. The van der Waals surface area contributed by atoms with Gasteiger partial charge in [-0.05, 0) is 18.6 Å². The second-order valence-corrected chi connectivity index (χ2v) is 7.25. The molecule has 0 fully saturated rings. The third-order valence-electron chi connectivity index (χ3n) is 4.19. The van der Waals surface area contributed by atoms with E-state index in [9.17, 15) is 4.79 Å². The molecule has 0 spiro atoms. The Morgan fingerprint density at radius 3 is 2.85 bits per heavy atom. The molecule has 140 valence electrons. The first kappa shape index (κ1) is 19.3. The van der Waals surface area contributed by atoms with Crippen LogP contribution in [0.15, 0.2) is 48.6 Å². The minimum absolute atomic E-state index is 0.0567. The van der Waals surface area contributed by atoms with Gasteiger partial charge in [0.05, 0.1) is 5.39 Å². The first-order valence-corrected chi connectivity index (χ1v) is 10.0. The summed E-state index contributed by atoms with van der Waals surface area (Å²) in [6.07, 6.45) is 3.81. The quantitative estimate of drug-likeness (QED) is 0.549. The summed E-state index contributed by atoms with van der Waals surface area (Å²) in [7, 11) is 0. The van der Waals surface area contributed by atoms with Gasteiger partial charge in [0, 0.05) is 41.2 Å². The topological polar surface area (TPSA) is 58.1 Å². The number of aromatic nitrogens is 2. The van der Waals surface area contributed by atoms with Gasteiger partial charge in [-0.2, -0.15) is 0 Å². The van der Waals surface area contributed by atoms with Crippen molar-refractivity contribution >= 4 is 44.9 Å². The van der Waals surface area contributed by atoms with Crippen LogP contribution in [-0.2, 0) is 4.79 Å². The Morgan fingerprint density at radius 1 is 1.30 bits per heavy atom. The Balaban J connectivity index is 1.85. The predicted octanol–water partition coefficient (Wildman–Crippen LogP) is 4.85. The number of thiophene rings is 1. The number of carbonyl (C=O) groups excluding carboxylic acids is 1. The molecule has 0 bridgehead atoms. The Kier molecular flexibility index (Phi) is 6.42. The lowest BCUT2D eigenvalue weighted by Gasteiger charge is -2.21. The van der Waals surface area contributed by atoms with E-state index >= 15 is 0 Å². The highest BCUT2D eigenvalue weighted by Gasteiger charge is 2.15. The molecule has 0 saturated carbocycles. The second-order valence-electron chi connectivity index (χ2n) is 5.99. The van der Waals surface area contributed by atoms with Gasteiger partial charge < -0.3 is 10.2 Å². The Labute approximate surface area is 167 Å². The molecule has 1 aromatic carbocycles. The van der Waals surface area contributed by atoms with Crippen molar-refractivity contribution in [1.82, 2.24) is 14.9 Å². The monoisotopic (exact) mass is 400 g/mol. The van der Waals surface area contributed by atoms with Crippen LogP contribution >= 0.6 is 22.9 Å². The molecule has 0 saturated heterocycles. The summed E-state index contributed by atoms with van der Waals surface area (Å²) >= 11 is 7.95. The number of rotatable bonds is 8. The second kappa shape index (κ2) is 8.97. The van der Waals surface area contributed by atoms with Crippen molar-refractivity contribution in [3.05, 3.63) is 53.7 Å². The minimum Gasteiger partial charge on any atom is -0.368 e. The highest BCUT2D eigenvalue weighted by atomic mass is 35.5. The van der Waals surface area contributed by atoms with Crippen LogP contribution in [0, 0.1) is 0 Å². The summed E-state index contributed by atoms with van der Waals surface area (Å²) in [6, 6.07) is 7.74. The molecule has 0 radical (unpaired) electrons. The van der Waals surface area contributed by atoms with Crippen LogP contribution in [-0.4, -0.2) is 40.4 Å². The molecule has 7 heteroatoms. The van der Waals surface area contributed by atoms with Crippen molar-refractivity contribution in [1.29, 1.82) is 0 Å². The number of hydrogen-bond donors (Lipinski definition) is 1.